The van der Waals surface area contributed by atoms with Crippen LogP contribution in [0.25, 0.3) is 0 Å². The molecule has 1 aromatic rings. The highest BCUT2D eigenvalue weighted by molar-refractivity contribution is 5.26. The van der Waals surface area contributed by atoms with Gasteiger partial charge in [-0.3, -0.25) is 0 Å². The number of rotatable bonds is 10. The SMILES string of the molecule is CC(C)OCCCCNCC(O)c1ccc(C(C)C)cc1. The predicted octanol–water partition coefficient (Wildman–Crippen LogP) is 3.64. The first-order valence-electron chi connectivity index (χ1n) is 8.11. The van der Waals surface area contributed by atoms with Crippen molar-refractivity contribution in [3.8, 4) is 0 Å². The van der Waals surface area contributed by atoms with Gasteiger partial charge in [-0.05, 0) is 50.3 Å². The fraction of sp³-hybridized carbons (Fsp3) is 0.667. The van der Waals surface area contributed by atoms with Gasteiger partial charge >= 0.3 is 0 Å². The lowest BCUT2D eigenvalue weighted by Crippen LogP contribution is -2.22. The number of ether oxygens (including phenoxy) is 1. The van der Waals surface area contributed by atoms with Crippen molar-refractivity contribution in [1.29, 1.82) is 0 Å². The van der Waals surface area contributed by atoms with Gasteiger partial charge in [-0.2, -0.15) is 0 Å². The van der Waals surface area contributed by atoms with Crippen molar-refractivity contribution < 1.29 is 9.84 Å². The van der Waals surface area contributed by atoms with Gasteiger partial charge in [0.2, 0.25) is 0 Å². The maximum absolute atomic E-state index is 10.1. The largest absolute Gasteiger partial charge is 0.387 e. The van der Waals surface area contributed by atoms with E-state index in [1.54, 1.807) is 0 Å². The molecule has 21 heavy (non-hydrogen) atoms. The molecule has 0 aliphatic carbocycles. The molecule has 3 nitrogen and oxygen atoms in total. The lowest BCUT2D eigenvalue weighted by molar-refractivity contribution is 0.0759. The first-order chi connectivity index (χ1) is 10.0. The van der Waals surface area contributed by atoms with E-state index in [1.165, 1.54) is 5.56 Å². The Kier molecular flexibility index (Phi) is 8.58. The lowest BCUT2D eigenvalue weighted by atomic mass is 10.00. The summed E-state index contributed by atoms with van der Waals surface area (Å²) in [6.07, 6.45) is 2.02. The van der Waals surface area contributed by atoms with Gasteiger partial charge in [0.25, 0.3) is 0 Å². The zero-order chi connectivity index (χ0) is 15.7. The van der Waals surface area contributed by atoms with Crippen molar-refractivity contribution in [1.82, 2.24) is 5.32 Å². The standard InChI is InChI=1S/C18H31NO2/c1-14(2)16-7-9-17(10-8-16)18(20)13-19-11-5-6-12-21-15(3)4/h7-10,14-15,18-20H,5-6,11-13H2,1-4H3. The van der Waals surface area contributed by atoms with Crippen LogP contribution in [0.2, 0.25) is 0 Å². The van der Waals surface area contributed by atoms with Crippen LogP contribution in [0.1, 0.15) is 63.7 Å². The first-order valence-corrected chi connectivity index (χ1v) is 8.11. The quantitative estimate of drug-likeness (QED) is 0.647. The van der Waals surface area contributed by atoms with Crippen LogP contribution in [-0.4, -0.2) is 30.9 Å². The molecule has 0 spiro atoms. The van der Waals surface area contributed by atoms with Crippen LogP contribution in [-0.2, 0) is 4.74 Å². The van der Waals surface area contributed by atoms with E-state index in [0.29, 0.717) is 18.6 Å². The Morgan fingerprint density at radius 1 is 1.00 bits per heavy atom. The van der Waals surface area contributed by atoms with Crippen LogP contribution in [0.5, 0.6) is 0 Å². The maximum Gasteiger partial charge on any atom is 0.0914 e. The van der Waals surface area contributed by atoms with Gasteiger partial charge in [-0.1, -0.05) is 38.1 Å². The zero-order valence-corrected chi connectivity index (χ0v) is 13.9. The summed E-state index contributed by atoms with van der Waals surface area (Å²) in [6, 6.07) is 8.26. The van der Waals surface area contributed by atoms with E-state index < -0.39 is 6.10 Å². The minimum atomic E-state index is -0.432. The third-order valence-electron chi connectivity index (χ3n) is 3.52. The number of hydrogen-bond acceptors (Lipinski definition) is 3. The summed E-state index contributed by atoms with van der Waals surface area (Å²) >= 11 is 0. The van der Waals surface area contributed by atoms with Gasteiger partial charge in [0.05, 0.1) is 12.2 Å². The number of aliphatic hydroxyl groups excluding tert-OH is 1. The average Bonchev–Trinajstić information content (AvgIpc) is 2.45. The topological polar surface area (TPSA) is 41.5 Å². The second-order valence-electron chi connectivity index (χ2n) is 6.17. The van der Waals surface area contributed by atoms with E-state index in [2.05, 4.69) is 45.1 Å². The molecule has 1 aromatic carbocycles. The third kappa shape index (κ3) is 7.60. The third-order valence-corrected chi connectivity index (χ3v) is 3.52. The Balaban J connectivity index is 2.17. The Morgan fingerprint density at radius 3 is 2.19 bits per heavy atom. The van der Waals surface area contributed by atoms with Crippen molar-refractivity contribution in [2.45, 2.75) is 58.7 Å². The number of unbranched alkanes of at least 4 members (excludes halogenated alkanes) is 1. The molecule has 0 amide bonds. The van der Waals surface area contributed by atoms with Crippen molar-refractivity contribution in [3.63, 3.8) is 0 Å². The summed E-state index contributed by atoms with van der Waals surface area (Å²) in [5, 5.41) is 13.4. The van der Waals surface area contributed by atoms with E-state index in [9.17, 15) is 5.11 Å². The second kappa shape index (κ2) is 9.93. The molecule has 120 valence electrons. The summed E-state index contributed by atoms with van der Waals surface area (Å²) in [6.45, 7) is 10.8. The maximum atomic E-state index is 10.1. The summed E-state index contributed by atoms with van der Waals surface area (Å²) < 4.78 is 5.49. The number of aliphatic hydroxyl groups is 1. The van der Waals surface area contributed by atoms with Gasteiger partial charge in [0, 0.05) is 13.2 Å². The molecule has 0 saturated heterocycles. The highest BCUT2D eigenvalue weighted by atomic mass is 16.5. The van der Waals surface area contributed by atoms with Gasteiger partial charge in [-0.15, -0.1) is 0 Å². The molecular weight excluding hydrogens is 262 g/mol. The number of nitrogens with one attached hydrogen (secondary N) is 1. The number of benzene rings is 1. The molecular formula is C18H31NO2. The van der Waals surface area contributed by atoms with Crippen molar-refractivity contribution in [3.05, 3.63) is 35.4 Å². The Bertz CT molecular complexity index is 373. The normalized spacial score (nSPS) is 13.1. The minimum absolute atomic E-state index is 0.314. The molecule has 0 bridgehead atoms. The monoisotopic (exact) mass is 293 g/mol. The summed E-state index contributed by atoms with van der Waals surface area (Å²) in [7, 11) is 0. The Hall–Kier alpha value is -0.900. The molecule has 2 N–H and O–H groups in total. The summed E-state index contributed by atoms with van der Waals surface area (Å²) in [5.41, 5.74) is 2.29. The highest BCUT2D eigenvalue weighted by Crippen LogP contribution is 2.18. The lowest BCUT2D eigenvalue weighted by Gasteiger charge is -2.14. The van der Waals surface area contributed by atoms with Gasteiger partial charge in [0.15, 0.2) is 0 Å². The molecule has 3 heteroatoms. The number of hydrogen-bond donors (Lipinski definition) is 2. The van der Waals surface area contributed by atoms with E-state index in [-0.39, 0.29) is 0 Å². The molecule has 0 radical (unpaired) electrons. The van der Waals surface area contributed by atoms with E-state index >= 15 is 0 Å². The minimum Gasteiger partial charge on any atom is -0.387 e. The highest BCUT2D eigenvalue weighted by Gasteiger charge is 2.07. The van der Waals surface area contributed by atoms with Crippen molar-refractivity contribution in [2.24, 2.45) is 0 Å². The molecule has 1 rings (SSSR count). The first kappa shape index (κ1) is 18.1. The molecule has 0 aromatic heterocycles. The van der Waals surface area contributed by atoms with Gasteiger partial charge in [0.1, 0.15) is 0 Å². The Labute approximate surface area is 129 Å². The van der Waals surface area contributed by atoms with Gasteiger partial charge in [-0.25, -0.2) is 0 Å². The van der Waals surface area contributed by atoms with Crippen LogP contribution in [0.4, 0.5) is 0 Å². The van der Waals surface area contributed by atoms with E-state index in [1.807, 2.05) is 12.1 Å². The molecule has 0 heterocycles. The summed E-state index contributed by atoms with van der Waals surface area (Å²) in [4.78, 5) is 0. The summed E-state index contributed by atoms with van der Waals surface area (Å²) in [5.74, 6) is 0.530. The molecule has 1 atom stereocenters. The Morgan fingerprint density at radius 2 is 1.62 bits per heavy atom. The van der Waals surface area contributed by atoms with Gasteiger partial charge < -0.3 is 15.2 Å². The van der Waals surface area contributed by atoms with Crippen LogP contribution < -0.4 is 5.32 Å². The predicted molar refractivity (Wildman–Crippen MR) is 88.7 cm³/mol. The molecule has 1 unspecified atom stereocenters. The van der Waals surface area contributed by atoms with Crippen molar-refractivity contribution >= 4 is 0 Å². The van der Waals surface area contributed by atoms with Crippen LogP contribution in [0, 0.1) is 0 Å². The fourth-order valence-corrected chi connectivity index (χ4v) is 2.13. The zero-order valence-electron chi connectivity index (χ0n) is 13.9. The molecule has 0 aliphatic rings. The van der Waals surface area contributed by atoms with E-state index in [4.69, 9.17) is 4.74 Å². The second-order valence-corrected chi connectivity index (χ2v) is 6.17. The fourth-order valence-electron chi connectivity index (χ4n) is 2.13. The van der Waals surface area contributed by atoms with Crippen LogP contribution in [0.15, 0.2) is 24.3 Å². The van der Waals surface area contributed by atoms with E-state index in [0.717, 1.165) is 31.6 Å². The molecule has 0 aliphatic heterocycles. The van der Waals surface area contributed by atoms with Crippen LogP contribution in [0.3, 0.4) is 0 Å². The average molecular weight is 293 g/mol. The molecule has 0 saturated carbocycles. The van der Waals surface area contributed by atoms with Crippen molar-refractivity contribution in [2.75, 3.05) is 19.7 Å². The van der Waals surface area contributed by atoms with Crippen LogP contribution >= 0.6 is 0 Å². The molecule has 0 fully saturated rings. The smallest absolute Gasteiger partial charge is 0.0914 e.